The molecule has 1 aliphatic heterocycles. The SMILES string of the molecule is Cc1ccc(S(=O)(=O)N2CCN(Cc3csc(C)n3)CC2)c(Br)c1. The van der Waals surface area contributed by atoms with Crippen molar-refractivity contribution < 1.29 is 8.42 Å². The molecule has 2 heterocycles. The van der Waals surface area contributed by atoms with Gasteiger partial charge in [0.05, 0.1) is 15.6 Å². The van der Waals surface area contributed by atoms with Gasteiger partial charge in [0, 0.05) is 42.6 Å². The minimum absolute atomic E-state index is 0.344. The summed E-state index contributed by atoms with van der Waals surface area (Å²) in [6.07, 6.45) is 0. The summed E-state index contributed by atoms with van der Waals surface area (Å²) in [7, 11) is -3.46. The van der Waals surface area contributed by atoms with Gasteiger partial charge < -0.3 is 0 Å². The highest BCUT2D eigenvalue weighted by Crippen LogP contribution is 2.27. The molecule has 1 saturated heterocycles. The number of hydrogen-bond acceptors (Lipinski definition) is 5. The minimum Gasteiger partial charge on any atom is -0.295 e. The maximum Gasteiger partial charge on any atom is 0.244 e. The molecule has 0 spiro atoms. The molecule has 5 nitrogen and oxygen atoms in total. The average molecular weight is 430 g/mol. The highest BCUT2D eigenvalue weighted by Gasteiger charge is 2.30. The molecular weight excluding hydrogens is 410 g/mol. The Labute approximate surface area is 155 Å². The molecule has 0 radical (unpaired) electrons. The van der Waals surface area contributed by atoms with E-state index in [0.29, 0.717) is 22.5 Å². The second-order valence-corrected chi connectivity index (χ2v) is 9.79. The molecular formula is C16H20BrN3O2S2. The molecule has 0 unspecified atom stereocenters. The third-order valence-corrected chi connectivity index (χ3v) is 7.79. The van der Waals surface area contributed by atoms with Crippen LogP contribution in [-0.4, -0.2) is 48.8 Å². The molecule has 24 heavy (non-hydrogen) atoms. The van der Waals surface area contributed by atoms with Crippen LogP contribution in [0.3, 0.4) is 0 Å². The van der Waals surface area contributed by atoms with Gasteiger partial charge in [0.2, 0.25) is 10.0 Å². The van der Waals surface area contributed by atoms with Gasteiger partial charge in [-0.2, -0.15) is 4.31 Å². The Kier molecular flexibility index (Phi) is 5.41. The first kappa shape index (κ1) is 18.0. The topological polar surface area (TPSA) is 53.5 Å². The third-order valence-electron chi connectivity index (χ3n) is 4.09. The molecule has 1 fully saturated rings. The van der Waals surface area contributed by atoms with Crippen LogP contribution in [0.4, 0.5) is 0 Å². The van der Waals surface area contributed by atoms with Gasteiger partial charge in [-0.3, -0.25) is 4.90 Å². The largest absolute Gasteiger partial charge is 0.295 e. The number of benzene rings is 1. The fraction of sp³-hybridized carbons (Fsp3) is 0.438. The van der Waals surface area contributed by atoms with E-state index in [-0.39, 0.29) is 0 Å². The summed E-state index contributed by atoms with van der Waals surface area (Å²) in [5.41, 5.74) is 2.10. The Morgan fingerprint density at radius 3 is 2.50 bits per heavy atom. The van der Waals surface area contributed by atoms with Gasteiger partial charge in [0.1, 0.15) is 0 Å². The Morgan fingerprint density at radius 2 is 1.92 bits per heavy atom. The predicted molar refractivity (Wildman–Crippen MR) is 99.8 cm³/mol. The van der Waals surface area contributed by atoms with Crippen LogP contribution in [0.5, 0.6) is 0 Å². The van der Waals surface area contributed by atoms with Crippen molar-refractivity contribution in [3.63, 3.8) is 0 Å². The van der Waals surface area contributed by atoms with Gasteiger partial charge in [-0.1, -0.05) is 6.07 Å². The molecule has 0 N–H and O–H groups in total. The molecule has 2 aromatic rings. The zero-order chi connectivity index (χ0) is 17.3. The summed E-state index contributed by atoms with van der Waals surface area (Å²) < 4.78 is 27.9. The maximum absolute atomic E-state index is 12.9. The molecule has 1 aromatic heterocycles. The monoisotopic (exact) mass is 429 g/mol. The quantitative estimate of drug-likeness (QED) is 0.749. The van der Waals surface area contributed by atoms with E-state index in [1.54, 1.807) is 21.7 Å². The van der Waals surface area contributed by atoms with Crippen LogP contribution in [0.2, 0.25) is 0 Å². The van der Waals surface area contributed by atoms with Crippen molar-refractivity contribution in [1.29, 1.82) is 0 Å². The number of aryl methyl sites for hydroxylation is 2. The lowest BCUT2D eigenvalue weighted by molar-refractivity contribution is 0.180. The normalized spacial score (nSPS) is 17.3. The Bertz CT molecular complexity index is 828. The molecule has 0 saturated carbocycles. The minimum atomic E-state index is -3.46. The van der Waals surface area contributed by atoms with Crippen molar-refractivity contribution in [3.05, 3.63) is 44.3 Å². The molecule has 8 heteroatoms. The van der Waals surface area contributed by atoms with E-state index in [9.17, 15) is 8.42 Å². The van der Waals surface area contributed by atoms with Crippen molar-refractivity contribution in [2.45, 2.75) is 25.3 Å². The van der Waals surface area contributed by atoms with Crippen molar-refractivity contribution in [1.82, 2.24) is 14.2 Å². The Morgan fingerprint density at radius 1 is 1.21 bits per heavy atom. The number of sulfonamides is 1. The fourth-order valence-corrected chi connectivity index (χ4v) is 5.97. The van der Waals surface area contributed by atoms with E-state index in [4.69, 9.17) is 0 Å². The molecule has 0 bridgehead atoms. The van der Waals surface area contributed by atoms with Crippen molar-refractivity contribution in [2.24, 2.45) is 0 Å². The van der Waals surface area contributed by atoms with E-state index >= 15 is 0 Å². The van der Waals surface area contributed by atoms with E-state index in [0.717, 1.165) is 35.9 Å². The summed E-state index contributed by atoms with van der Waals surface area (Å²) in [6, 6.07) is 5.35. The first-order chi connectivity index (χ1) is 11.4. The van der Waals surface area contributed by atoms with Crippen molar-refractivity contribution in [3.8, 4) is 0 Å². The van der Waals surface area contributed by atoms with E-state index < -0.39 is 10.0 Å². The zero-order valence-electron chi connectivity index (χ0n) is 13.7. The average Bonchev–Trinajstić information content (AvgIpc) is 2.92. The van der Waals surface area contributed by atoms with Crippen molar-refractivity contribution >= 4 is 37.3 Å². The van der Waals surface area contributed by atoms with Gasteiger partial charge in [0.15, 0.2) is 0 Å². The van der Waals surface area contributed by atoms with Gasteiger partial charge in [0.25, 0.3) is 0 Å². The van der Waals surface area contributed by atoms with Gasteiger partial charge >= 0.3 is 0 Å². The lowest BCUT2D eigenvalue weighted by Crippen LogP contribution is -2.48. The van der Waals surface area contributed by atoms with Gasteiger partial charge in [-0.25, -0.2) is 13.4 Å². The smallest absolute Gasteiger partial charge is 0.244 e. The van der Waals surface area contributed by atoms with Crippen LogP contribution in [0.25, 0.3) is 0 Å². The maximum atomic E-state index is 12.9. The number of hydrogen-bond donors (Lipinski definition) is 0. The van der Waals surface area contributed by atoms with Gasteiger partial charge in [-0.15, -0.1) is 11.3 Å². The van der Waals surface area contributed by atoms with Crippen LogP contribution in [0.15, 0.2) is 32.9 Å². The molecule has 3 rings (SSSR count). The van der Waals surface area contributed by atoms with E-state index in [2.05, 4.69) is 31.2 Å². The Hall–Kier alpha value is -0.800. The van der Waals surface area contributed by atoms with Crippen LogP contribution in [-0.2, 0) is 16.6 Å². The molecule has 0 atom stereocenters. The number of piperazine rings is 1. The second-order valence-electron chi connectivity index (χ2n) is 5.97. The predicted octanol–water partition coefficient (Wildman–Crippen LogP) is 3.03. The summed E-state index contributed by atoms with van der Waals surface area (Å²) in [5, 5.41) is 3.14. The van der Waals surface area contributed by atoms with Crippen LogP contribution >= 0.6 is 27.3 Å². The first-order valence-electron chi connectivity index (χ1n) is 7.76. The number of aromatic nitrogens is 1. The molecule has 0 amide bonds. The van der Waals surface area contributed by atoms with Crippen LogP contribution in [0, 0.1) is 13.8 Å². The molecule has 0 aliphatic carbocycles. The second kappa shape index (κ2) is 7.21. The summed E-state index contributed by atoms with van der Waals surface area (Å²) >= 11 is 5.03. The first-order valence-corrected chi connectivity index (χ1v) is 10.9. The van der Waals surface area contributed by atoms with Crippen LogP contribution in [0.1, 0.15) is 16.3 Å². The standard InChI is InChI=1S/C16H20BrN3O2S2/c1-12-3-4-16(15(17)9-12)24(21,22)20-7-5-19(6-8-20)10-14-11-23-13(2)18-14/h3-4,9,11H,5-8,10H2,1-2H3. The number of nitrogens with zero attached hydrogens (tertiary/aromatic N) is 3. The summed E-state index contributed by atoms with van der Waals surface area (Å²) in [6.45, 7) is 7.18. The number of rotatable bonds is 4. The summed E-state index contributed by atoms with van der Waals surface area (Å²) in [5.74, 6) is 0. The number of thiazole rings is 1. The van der Waals surface area contributed by atoms with Crippen molar-refractivity contribution in [2.75, 3.05) is 26.2 Å². The van der Waals surface area contributed by atoms with Gasteiger partial charge in [-0.05, 0) is 47.5 Å². The zero-order valence-corrected chi connectivity index (χ0v) is 16.9. The highest BCUT2D eigenvalue weighted by molar-refractivity contribution is 9.10. The summed E-state index contributed by atoms with van der Waals surface area (Å²) in [4.78, 5) is 7.08. The third kappa shape index (κ3) is 3.88. The van der Waals surface area contributed by atoms with E-state index in [1.807, 2.05) is 26.0 Å². The molecule has 1 aliphatic rings. The van der Waals surface area contributed by atoms with E-state index in [1.165, 1.54) is 0 Å². The highest BCUT2D eigenvalue weighted by atomic mass is 79.9. The van der Waals surface area contributed by atoms with Crippen LogP contribution < -0.4 is 0 Å². The Balaban J connectivity index is 1.67. The fourth-order valence-electron chi connectivity index (χ4n) is 2.79. The lowest BCUT2D eigenvalue weighted by Gasteiger charge is -2.33. The molecule has 130 valence electrons. The lowest BCUT2D eigenvalue weighted by atomic mass is 10.2. The number of halogens is 1. The molecule has 1 aromatic carbocycles.